The van der Waals surface area contributed by atoms with Crippen molar-refractivity contribution in [3.05, 3.63) is 23.4 Å². The third kappa shape index (κ3) is 3.07. The average molecular weight is 335 g/mol. The lowest BCUT2D eigenvalue weighted by Gasteiger charge is -2.30. The minimum absolute atomic E-state index is 0.0959. The van der Waals surface area contributed by atoms with Crippen LogP contribution in [-0.2, 0) is 19.1 Å². The topological polar surface area (TPSA) is 76.1 Å². The van der Waals surface area contributed by atoms with E-state index in [1.807, 2.05) is 11.0 Å². The van der Waals surface area contributed by atoms with Gasteiger partial charge in [-0.15, -0.1) is 0 Å². The van der Waals surface area contributed by atoms with Crippen molar-refractivity contribution < 1.29 is 24.2 Å². The molecule has 0 bridgehead atoms. The zero-order valence-electron chi connectivity index (χ0n) is 14.4. The molecular weight excluding hydrogens is 310 g/mol. The molecule has 0 saturated carbocycles. The van der Waals surface area contributed by atoms with Crippen molar-refractivity contribution in [3.8, 4) is 0 Å². The molecule has 3 aliphatic rings. The molecule has 3 aliphatic heterocycles. The molecule has 1 N–H and O–H groups in total. The summed E-state index contributed by atoms with van der Waals surface area (Å²) in [6.07, 6.45) is 6.18. The van der Waals surface area contributed by atoms with Crippen molar-refractivity contribution in [2.24, 2.45) is 5.92 Å². The summed E-state index contributed by atoms with van der Waals surface area (Å²) >= 11 is 0. The Morgan fingerprint density at radius 2 is 2.08 bits per heavy atom. The normalized spacial score (nSPS) is 37.3. The highest BCUT2D eigenvalue weighted by atomic mass is 16.6. The number of esters is 2. The first kappa shape index (κ1) is 17.0. The Morgan fingerprint density at radius 3 is 2.83 bits per heavy atom. The van der Waals surface area contributed by atoms with E-state index in [1.165, 1.54) is 13.0 Å². The van der Waals surface area contributed by atoms with Gasteiger partial charge in [-0.2, -0.15) is 0 Å². The van der Waals surface area contributed by atoms with Crippen molar-refractivity contribution in [1.29, 1.82) is 0 Å². The minimum Gasteiger partial charge on any atom is -0.457 e. The molecule has 0 aromatic heterocycles. The van der Waals surface area contributed by atoms with Gasteiger partial charge in [0.25, 0.3) is 0 Å². The third-order valence-electron chi connectivity index (χ3n) is 5.38. The number of rotatable bonds is 0. The number of cyclic esters (lactones) is 1. The molecule has 24 heavy (non-hydrogen) atoms. The fourth-order valence-corrected chi connectivity index (χ4v) is 3.72. The van der Waals surface area contributed by atoms with E-state index in [4.69, 9.17) is 9.47 Å². The van der Waals surface area contributed by atoms with E-state index in [-0.39, 0.29) is 24.7 Å². The second-order valence-corrected chi connectivity index (χ2v) is 7.28. The van der Waals surface area contributed by atoms with E-state index in [2.05, 4.69) is 0 Å². The molecule has 3 rings (SSSR count). The lowest BCUT2D eigenvalue weighted by Crippen LogP contribution is -2.44. The molecule has 0 radical (unpaired) electrons. The molecule has 0 spiro atoms. The first-order valence-electron chi connectivity index (χ1n) is 8.53. The molecular formula is C18H25NO5. The maximum atomic E-state index is 12.4. The summed E-state index contributed by atoms with van der Waals surface area (Å²) in [6.45, 7) is 5.14. The van der Waals surface area contributed by atoms with Crippen LogP contribution in [-0.4, -0.2) is 46.4 Å². The Labute approximate surface area is 142 Å². The van der Waals surface area contributed by atoms with E-state index in [0.717, 1.165) is 30.5 Å². The molecule has 1 saturated heterocycles. The van der Waals surface area contributed by atoms with Crippen molar-refractivity contribution >= 4 is 11.9 Å². The van der Waals surface area contributed by atoms with Gasteiger partial charge in [-0.3, -0.25) is 0 Å². The highest BCUT2D eigenvalue weighted by Gasteiger charge is 2.42. The molecule has 6 nitrogen and oxygen atoms in total. The van der Waals surface area contributed by atoms with E-state index < -0.39 is 11.6 Å². The molecule has 132 valence electrons. The van der Waals surface area contributed by atoms with Crippen LogP contribution < -0.4 is 0 Å². The van der Waals surface area contributed by atoms with Crippen molar-refractivity contribution in [2.75, 3.05) is 6.61 Å². The molecule has 6 heteroatoms. The number of allylic oxidation sites excluding steroid dienone is 1. The molecule has 4 unspecified atom stereocenters. The van der Waals surface area contributed by atoms with Crippen molar-refractivity contribution in [1.82, 2.24) is 4.90 Å². The highest BCUT2D eigenvalue weighted by Crippen LogP contribution is 2.37. The Bertz CT molecular complexity index is 607. The second-order valence-electron chi connectivity index (χ2n) is 7.28. The number of aliphatic hydroxyl groups is 1. The molecule has 0 aromatic rings. The lowest BCUT2D eigenvalue weighted by atomic mass is 9.86. The van der Waals surface area contributed by atoms with Gasteiger partial charge in [-0.1, -0.05) is 18.6 Å². The zero-order chi connectivity index (χ0) is 17.5. The molecule has 1 fully saturated rings. The predicted molar refractivity (Wildman–Crippen MR) is 86.6 cm³/mol. The number of hydrogen-bond donors (Lipinski definition) is 1. The van der Waals surface area contributed by atoms with Crippen molar-refractivity contribution in [3.63, 3.8) is 0 Å². The summed E-state index contributed by atoms with van der Waals surface area (Å²) in [5.74, 6) is -1.38. The predicted octanol–water partition coefficient (Wildman–Crippen LogP) is 1.89. The molecule has 0 amide bonds. The largest absolute Gasteiger partial charge is 0.457 e. The zero-order valence-corrected chi connectivity index (χ0v) is 14.4. The fourth-order valence-electron chi connectivity index (χ4n) is 3.72. The van der Waals surface area contributed by atoms with Gasteiger partial charge in [0.2, 0.25) is 0 Å². The Hall–Kier alpha value is -1.82. The van der Waals surface area contributed by atoms with Crippen LogP contribution in [0.5, 0.6) is 0 Å². The van der Waals surface area contributed by atoms with Crippen LogP contribution in [0.25, 0.3) is 0 Å². The summed E-state index contributed by atoms with van der Waals surface area (Å²) < 4.78 is 11.0. The van der Waals surface area contributed by atoms with Gasteiger partial charge in [0.05, 0.1) is 5.70 Å². The number of carbonyl (C=O) groups excluding carboxylic acids is 2. The van der Waals surface area contributed by atoms with Gasteiger partial charge < -0.3 is 19.5 Å². The number of carbonyl (C=O) groups is 2. The monoisotopic (exact) mass is 335 g/mol. The standard InChI is InChI=1S/C18H25NO5/c1-11-8-12(2)18(3,22)17(21)23-10-14-5-4-13-6-7-15(19(13)14)24-16(20)9-11/h5,9,12-13,15,22H,4,6-8,10H2,1-3H3. The van der Waals surface area contributed by atoms with Crippen LogP contribution in [0.3, 0.4) is 0 Å². The summed E-state index contributed by atoms with van der Waals surface area (Å²) in [7, 11) is 0. The maximum Gasteiger partial charge on any atom is 0.338 e. The van der Waals surface area contributed by atoms with Gasteiger partial charge in [-0.05, 0) is 39.0 Å². The van der Waals surface area contributed by atoms with Crippen LogP contribution in [0.1, 0.15) is 46.5 Å². The van der Waals surface area contributed by atoms with Crippen LogP contribution in [0, 0.1) is 5.92 Å². The lowest BCUT2D eigenvalue weighted by molar-refractivity contribution is -0.168. The smallest absolute Gasteiger partial charge is 0.338 e. The molecule has 0 aliphatic carbocycles. The van der Waals surface area contributed by atoms with Gasteiger partial charge in [0.15, 0.2) is 11.8 Å². The fraction of sp³-hybridized carbons (Fsp3) is 0.667. The van der Waals surface area contributed by atoms with Crippen LogP contribution in [0.15, 0.2) is 23.4 Å². The molecule has 0 aromatic carbocycles. The van der Waals surface area contributed by atoms with E-state index in [9.17, 15) is 14.7 Å². The first-order chi connectivity index (χ1) is 11.3. The summed E-state index contributed by atoms with van der Waals surface area (Å²) in [5, 5.41) is 10.6. The van der Waals surface area contributed by atoms with E-state index in [0.29, 0.717) is 12.5 Å². The first-order valence-corrected chi connectivity index (χ1v) is 8.53. The van der Waals surface area contributed by atoms with Crippen LogP contribution in [0.2, 0.25) is 0 Å². The third-order valence-corrected chi connectivity index (χ3v) is 5.38. The molecule has 4 atom stereocenters. The van der Waals surface area contributed by atoms with E-state index >= 15 is 0 Å². The summed E-state index contributed by atoms with van der Waals surface area (Å²) in [6, 6.07) is 0.297. The Balaban J connectivity index is 1.88. The van der Waals surface area contributed by atoms with Crippen LogP contribution >= 0.6 is 0 Å². The number of nitrogens with zero attached hydrogens (tertiary/aromatic N) is 1. The maximum absolute atomic E-state index is 12.4. The second kappa shape index (κ2) is 6.24. The average Bonchev–Trinajstić information content (AvgIpc) is 3.06. The summed E-state index contributed by atoms with van der Waals surface area (Å²) in [5.41, 5.74) is 0.0226. The molecule has 3 heterocycles. The SMILES string of the molecule is CC1=CC(=O)OC2CCC3CC=C(COC(=O)C(C)(O)C(C)C1)N32. The Morgan fingerprint density at radius 1 is 1.33 bits per heavy atom. The minimum atomic E-state index is -1.60. The van der Waals surface area contributed by atoms with E-state index in [1.54, 1.807) is 13.8 Å². The number of ether oxygens (including phenoxy) is 2. The summed E-state index contributed by atoms with van der Waals surface area (Å²) in [4.78, 5) is 26.6. The number of hydrogen-bond acceptors (Lipinski definition) is 6. The van der Waals surface area contributed by atoms with Crippen molar-refractivity contribution in [2.45, 2.75) is 64.3 Å². The Kier molecular flexibility index (Phi) is 4.42. The van der Waals surface area contributed by atoms with Gasteiger partial charge in [0, 0.05) is 18.5 Å². The quantitative estimate of drug-likeness (QED) is 0.681. The van der Waals surface area contributed by atoms with Gasteiger partial charge >= 0.3 is 11.9 Å². The van der Waals surface area contributed by atoms with Gasteiger partial charge in [0.1, 0.15) is 6.61 Å². The van der Waals surface area contributed by atoms with Gasteiger partial charge in [-0.25, -0.2) is 9.59 Å². The van der Waals surface area contributed by atoms with Crippen LogP contribution in [0.4, 0.5) is 0 Å². The highest BCUT2D eigenvalue weighted by molar-refractivity contribution is 5.83.